The van der Waals surface area contributed by atoms with Crippen LogP contribution in [0.3, 0.4) is 0 Å². The van der Waals surface area contributed by atoms with Gasteiger partial charge in [-0.25, -0.2) is 9.78 Å². The summed E-state index contributed by atoms with van der Waals surface area (Å²) in [4.78, 5) is 19.0. The quantitative estimate of drug-likeness (QED) is 0.397. The molecule has 3 aromatic rings. The van der Waals surface area contributed by atoms with E-state index in [9.17, 15) is 28.3 Å². The maximum Gasteiger partial charge on any atom is 0.416 e. The highest BCUT2D eigenvalue weighted by molar-refractivity contribution is 5.90. The molecule has 0 saturated heterocycles. The molecule has 0 aliphatic heterocycles. The molecule has 0 fully saturated rings. The number of hydrogen-bond acceptors (Lipinski definition) is 5. The van der Waals surface area contributed by atoms with E-state index >= 15 is 0 Å². The average Bonchev–Trinajstić information content (AvgIpc) is 3.09. The third-order valence-corrected chi connectivity index (χ3v) is 3.79. The topological polar surface area (TPSA) is 99.0 Å². The van der Waals surface area contributed by atoms with Crippen LogP contribution in [0.4, 0.5) is 13.2 Å². The molecule has 0 radical (unpaired) electrons. The van der Waals surface area contributed by atoms with Gasteiger partial charge in [0.05, 0.1) is 22.2 Å². The summed E-state index contributed by atoms with van der Waals surface area (Å²) in [7, 11) is 0. The molecule has 3 rings (SSSR count). The van der Waals surface area contributed by atoms with Gasteiger partial charge in [0.2, 0.25) is 0 Å². The number of aromatic nitrogens is 2. The molecule has 9 heteroatoms. The van der Waals surface area contributed by atoms with Crippen molar-refractivity contribution >= 4 is 22.6 Å². The standard InChI is InChI=1S/C19H12F3N3O3/c20-19(21,22)12-5-3-4-11(8-12)18(27)28-10-16(26)13(9-23)17-24-14-6-1-2-7-15(14)25-17/h1-8,26H,10H2,(H,24,25). The zero-order chi connectivity index (χ0) is 20.3. The van der Waals surface area contributed by atoms with E-state index in [1.807, 2.05) is 0 Å². The van der Waals surface area contributed by atoms with Crippen LogP contribution < -0.4 is 0 Å². The van der Waals surface area contributed by atoms with Gasteiger partial charge in [0, 0.05) is 0 Å². The first-order valence-electron chi connectivity index (χ1n) is 7.91. The first-order valence-corrected chi connectivity index (χ1v) is 7.91. The van der Waals surface area contributed by atoms with Crippen molar-refractivity contribution in [2.24, 2.45) is 0 Å². The Kier molecular flexibility index (Phi) is 5.04. The number of para-hydroxylation sites is 2. The smallest absolute Gasteiger partial charge is 0.416 e. The molecule has 2 aromatic carbocycles. The van der Waals surface area contributed by atoms with Crippen molar-refractivity contribution in [2.75, 3.05) is 6.61 Å². The summed E-state index contributed by atoms with van der Waals surface area (Å²) in [6.45, 7) is -0.699. The van der Waals surface area contributed by atoms with Gasteiger partial charge in [-0.05, 0) is 30.3 Å². The monoisotopic (exact) mass is 387 g/mol. The molecule has 0 aliphatic rings. The van der Waals surface area contributed by atoms with E-state index in [0.29, 0.717) is 17.1 Å². The second-order valence-electron chi connectivity index (χ2n) is 5.69. The Morgan fingerprint density at radius 3 is 2.64 bits per heavy atom. The number of imidazole rings is 1. The summed E-state index contributed by atoms with van der Waals surface area (Å²) in [6, 6.07) is 12.4. The molecule has 0 saturated carbocycles. The molecule has 0 spiro atoms. The number of nitriles is 1. The van der Waals surface area contributed by atoms with Gasteiger partial charge in [-0.1, -0.05) is 18.2 Å². The number of fused-ring (bicyclic) bond motifs is 1. The van der Waals surface area contributed by atoms with E-state index in [1.54, 1.807) is 30.3 Å². The van der Waals surface area contributed by atoms with Gasteiger partial charge in [0.25, 0.3) is 0 Å². The molecule has 142 valence electrons. The second kappa shape index (κ2) is 7.44. The number of nitrogens with zero attached hydrogens (tertiary/aromatic N) is 2. The number of nitrogens with one attached hydrogen (secondary N) is 1. The fourth-order valence-electron chi connectivity index (χ4n) is 2.44. The number of benzene rings is 2. The third-order valence-electron chi connectivity index (χ3n) is 3.79. The van der Waals surface area contributed by atoms with Crippen molar-refractivity contribution in [3.8, 4) is 6.07 Å². The lowest BCUT2D eigenvalue weighted by Gasteiger charge is -2.09. The number of alkyl halides is 3. The minimum Gasteiger partial charge on any atom is -0.507 e. The molecule has 6 nitrogen and oxygen atoms in total. The van der Waals surface area contributed by atoms with Gasteiger partial charge in [0.1, 0.15) is 18.2 Å². The number of hydrogen-bond donors (Lipinski definition) is 2. The summed E-state index contributed by atoms with van der Waals surface area (Å²) in [5.41, 5.74) is -0.363. The predicted molar refractivity (Wildman–Crippen MR) is 93.0 cm³/mol. The average molecular weight is 387 g/mol. The Bertz CT molecular complexity index is 1080. The summed E-state index contributed by atoms with van der Waals surface area (Å²) in [5.74, 6) is -1.57. The maximum atomic E-state index is 12.7. The van der Waals surface area contributed by atoms with Crippen LogP contribution in [0.15, 0.2) is 54.3 Å². The molecule has 0 bridgehead atoms. The van der Waals surface area contributed by atoms with Crippen molar-refractivity contribution in [1.82, 2.24) is 9.97 Å². The fourth-order valence-corrected chi connectivity index (χ4v) is 2.44. The molecule has 1 heterocycles. The summed E-state index contributed by atoms with van der Waals surface area (Å²) in [6.07, 6.45) is -4.60. The number of H-pyrrole nitrogens is 1. The molecule has 0 unspecified atom stereocenters. The zero-order valence-corrected chi connectivity index (χ0v) is 14.1. The van der Waals surface area contributed by atoms with Gasteiger partial charge in [-0.15, -0.1) is 0 Å². The number of rotatable bonds is 4. The summed E-state index contributed by atoms with van der Waals surface area (Å²) in [5, 5.41) is 19.4. The third kappa shape index (κ3) is 3.96. The van der Waals surface area contributed by atoms with E-state index in [2.05, 4.69) is 9.97 Å². The Labute approximate surface area is 156 Å². The molecule has 0 amide bonds. The van der Waals surface area contributed by atoms with E-state index in [1.165, 1.54) is 0 Å². The lowest BCUT2D eigenvalue weighted by atomic mass is 10.1. The molecule has 0 aliphatic carbocycles. The highest BCUT2D eigenvalue weighted by Crippen LogP contribution is 2.29. The van der Waals surface area contributed by atoms with Gasteiger partial charge < -0.3 is 14.8 Å². The lowest BCUT2D eigenvalue weighted by molar-refractivity contribution is -0.137. The number of allylic oxidation sites excluding steroid dienone is 1. The van der Waals surface area contributed by atoms with Crippen molar-refractivity contribution < 1.29 is 27.8 Å². The lowest BCUT2D eigenvalue weighted by Crippen LogP contribution is -2.11. The van der Waals surface area contributed by atoms with Gasteiger partial charge in [-0.3, -0.25) is 0 Å². The van der Waals surface area contributed by atoms with Crippen LogP contribution in [0, 0.1) is 11.3 Å². The SMILES string of the molecule is N#CC(=C(O)COC(=O)c1cccc(C(F)(F)F)c1)c1nc2ccccc2[nH]1. The van der Waals surface area contributed by atoms with Crippen molar-refractivity contribution in [1.29, 1.82) is 5.26 Å². The highest BCUT2D eigenvalue weighted by Gasteiger charge is 2.31. The van der Waals surface area contributed by atoms with E-state index < -0.39 is 30.1 Å². The van der Waals surface area contributed by atoms with Gasteiger partial charge in [0.15, 0.2) is 11.6 Å². The van der Waals surface area contributed by atoms with Crippen molar-refractivity contribution in [3.63, 3.8) is 0 Å². The first-order chi connectivity index (χ1) is 13.3. The number of aliphatic hydroxyl groups excluding tert-OH is 1. The van der Waals surface area contributed by atoms with Gasteiger partial charge >= 0.3 is 12.1 Å². The number of ether oxygens (including phenoxy) is 1. The molecule has 28 heavy (non-hydrogen) atoms. The van der Waals surface area contributed by atoms with Crippen LogP contribution in [0.5, 0.6) is 0 Å². The Morgan fingerprint density at radius 2 is 1.96 bits per heavy atom. The molecular formula is C19H12F3N3O3. The molecule has 2 N–H and O–H groups in total. The van der Waals surface area contributed by atoms with Gasteiger partial charge in [-0.2, -0.15) is 18.4 Å². The highest BCUT2D eigenvalue weighted by atomic mass is 19.4. The van der Waals surface area contributed by atoms with Crippen molar-refractivity contribution in [2.45, 2.75) is 6.18 Å². The van der Waals surface area contributed by atoms with E-state index in [0.717, 1.165) is 18.2 Å². The van der Waals surface area contributed by atoms with Crippen LogP contribution in [0.1, 0.15) is 21.7 Å². The van der Waals surface area contributed by atoms with Crippen LogP contribution in [0.2, 0.25) is 0 Å². The normalized spacial score (nSPS) is 12.4. The number of carbonyl (C=O) groups is 1. The zero-order valence-electron chi connectivity index (χ0n) is 14.1. The van der Waals surface area contributed by atoms with Crippen LogP contribution >= 0.6 is 0 Å². The summed E-state index contributed by atoms with van der Waals surface area (Å²) >= 11 is 0. The maximum absolute atomic E-state index is 12.7. The number of esters is 1. The van der Waals surface area contributed by atoms with Crippen LogP contribution in [-0.4, -0.2) is 27.7 Å². The Morgan fingerprint density at radius 1 is 1.21 bits per heavy atom. The predicted octanol–water partition coefficient (Wildman–Crippen LogP) is 4.23. The number of aliphatic hydroxyl groups is 1. The fraction of sp³-hybridized carbons (Fsp3) is 0.105. The number of halogens is 3. The van der Waals surface area contributed by atoms with Crippen molar-refractivity contribution in [3.05, 3.63) is 71.2 Å². The molecular weight excluding hydrogens is 375 g/mol. The first kappa shape index (κ1) is 19.0. The Balaban J connectivity index is 1.78. The second-order valence-corrected chi connectivity index (χ2v) is 5.69. The van der Waals surface area contributed by atoms with Crippen LogP contribution in [0.25, 0.3) is 16.6 Å². The van der Waals surface area contributed by atoms with E-state index in [4.69, 9.17) is 4.74 Å². The minimum atomic E-state index is -4.60. The number of carbonyl (C=O) groups excluding carboxylic acids is 1. The molecule has 1 aromatic heterocycles. The summed E-state index contributed by atoms with van der Waals surface area (Å²) < 4.78 is 43.0. The largest absolute Gasteiger partial charge is 0.507 e. The number of aromatic amines is 1. The molecule has 0 atom stereocenters. The minimum absolute atomic E-state index is 0.0799. The van der Waals surface area contributed by atoms with E-state index in [-0.39, 0.29) is 17.0 Å². The van der Waals surface area contributed by atoms with Crippen LogP contribution in [-0.2, 0) is 10.9 Å². The Hall–Kier alpha value is -3.80.